The highest BCUT2D eigenvalue weighted by Crippen LogP contribution is 2.44. The first-order valence-corrected chi connectivity index (χ1v) is 11.8. The number of rotatable bonds is 5. The first kappa shape index (κ1) is 22.1. The Kier molecular flexibility index (Phi) is 6.34. The lowest BCUT2D eigenvalue weighted by atomic mass is 9.72. The highest BCUT2D eigenvalue weighted by atomic mass is 32.1. The Morgan fingerprint density at radius 2 is 1.88 bits per heavy atom. The Morgan fingerprint density at radius 1 is 1.16 bits per heavy atom. The molecule has 1 aromatic heterocycles. The molecule has 3 aromatic rings. The summed E-state index contributed by atoms with van der Waals surface area (Å²) in [5, 5.41) is 13.4. The van der Waals surface area contributed by atoms with Crippen LogP contribution >= 0.6 is 11.3 Å². The fourth-order valence-electron chi connectivity index (χ4n) is 4.15. The van der Waals surface area contributed by atoms with Crippen LogP contribution in [0.25, 0.3) is 0 Å². The van der Waals surface area contributed by atoms with E-state index in [0.717, 1.165) is 30.4 Å². The topological polar surface area (TPSA) is 62.1 Å². The van der Waals surface area contributed by atoms with Crippen LogP contribution in [0.1, 0.15) is 59.1 Å². The van der Waals surface area contributed by atoms with Crippen molar-refractivity contribution in [1.82, 2.24) is 0 Å². The third-order valence-corrected chi connectivity index (χ3v) is 7.36. The summed E-state index contributed by atoms with van der Waals surface area (Å²) in [6, 6.07) is 19.4. The highest BCUT2D eigenvalue weighted by Gasteiger charge is 2.32. The van der Waals surface area contributed by atoms with Crippen molar-refractivity contribution < 1.29 is 9.53 Å². The number of nitrogens with zero attached hydrogens (tertiary/aromatic N) is 1. The standard InChI is InChI=1S/C27H28N2O2S/c1-27(2,3)20-11-14-22-23(16-28)26(32-24(22)15-20)29-25(30)19-9-12-21(13-10-19)31-17-18-7-5-4-6-8-18/h4-10,12-13,20H,11,14-15,17H2,1-3H3,(H,29,30)/t20-/m0/s1. The molecule has 1 heterocycles. The molecule has 32 heavy (non-hydrogen) atoms. The third-order valence-electron chi connectivity index (χ3n) is 6.19. The molecular weight excluding hydrogens is 416 g/mol. The van der Waals surface area contributed by atoms with Gasteiger partial charge in [0.15, 0.2) is 0 Å². The third kappa shape index (κ3) is 4.87. The van der Waals surface area contributed by atoms with Crippen LogP contribution in [0.3, 0.4) is 0 Å². The molecule has 2 aromatic carbocycles. The minimum atomic E-state index is -0.206. The largest absolute Gasteiger partial charge is 0.489 e. The maximum atomic E-state index is 12.9. The number of nitrogens with one attached hydrogen (secondary N) is 1. The van der Waals surface area contributed by atoms with Crippen molar-refractivity contribution in [3.63, 3.8) is 0 Å². The van der Waals surface area contributed by atoms with Crippen LogP contribution in [-0.4, -0.2) is 5.91 Å². The van der Waals surface area contributed by atoms with Crippen LogP contribution in [0.15, 0.2) is 54.6 Å². The summed E-state index contributed by atoms with van der Waals surface area (Å²) in [4.78, 5) is 14.1. The second-order valence-electron chi connectivity index (χ2n) is 9.38. The number of amides is 1. The average molecular weight is 445 g/mol. The van der Waals surface area contributed by atoms with Gasteiger partial charge >= 0.3 is 0 Å². The summed E-state index contributed by atoms with van der Waals surface area (Å²) in [5.74, 6) is 1.09. The maximum Gasteiger partial charge on any atom is 0.256 e. The molecule has 0 saturated heterocycles. The van der Waals surface area contributed by atoms with E-state index >= 15 is 0 Å². The van der Waals surface area contributed by atoms with E-state index < -0.39 is 0 Å². The molecule has 164 valence electrons. The lowest BCUT2D eigenvalue weighted by Gasteiger charge is -2.33. The van der Waals surface area contributed by atoms with Crippen LogP contribution in [-0.2, 0) is 19.4 Å². The molecule has 0 bridgehead atoms. The van der Waals surface area contributed by atoms with Gasteiger partial charge in [0, 0.05) is 10.4 Å². The van der Waals surface area contributed by atoms with Gasteiger partial charge in [-0.3, -0.25) is 4.79 Å². The van der Waals surface area contributed by atoms with E-state index in [2.05, 4.69) is 32.2 Å². The number of thiophene rings is 1. The van der Waals surface area contributed by atoms with E-state index in [4.69, 9.17) is 4.74 Å². The molecule has 1 aliphatic rings. The lowest BCUT2D eigenvalue weighted by Crippen LogP contribution is -2.26. The number of hydrogen-bond donors (Lipinski definition) is 1. The van der Waals surface area contributed by atoms with Crippen molar-refractivity contribution in [2.75, 3.05) is 5.32 Å². The molecular formula is C27H28N2O2S. The molecule has 1 amide bonds. The number of fused-ring (bicyclic) bond motifs is 1. The van der Waals surface area contributed by atoms with E-state index in [0.29, 0.717) is 34.4 Å². The fraction of sp³-hybridized carbons (Fsp3) is 0.333. The summed E-state index contributed by atoms with van der Waals surface area (Å²) in [5.41, 5.74) is 3.63. The highest BCUT2D eigenvalue weighted by molar-refractivity contribution is 7.16. The van der Waals surface area contributed by atoms with Crippen molar-refractivity contribution in [1.29, 1.82) is 5.26 Å². The second kappa shape index (κ2) is 9.18. The Balaban J connectivity index is 1.44. The molecule has 1 N–H and O–H groups in total. The van der Waals surface area contributed by atoms with Gasteiger partial charge in [-0.25, -0.2) is 0 Å². The van der Waals surface area contributed by atoms with Crippen LogP contribution < -0.4 is 10.1 Å². The molecule has 4 nitrogen and oxygen atoms in total. The number of carbonyl (C=O) groups excluding carboxylic acids is 1. The van der Waals surface area contributed by atoms with Gasteiger partial charge < -0.3 is 10.1 Å². The number of hydrogen-bond acceptors (Lipinski definition) is 4. The summed E-state index contributed by atoms with van der Waals surface area (Å²) >= 11 is 1.56. The van der Waals surface area contributed by atoms with Crippen molar-refractivity contribution in [2.45, 2.75) is 46.6 Å². The van der Waals surface area contributed by atoms with Gasteiger partial charge in [-0.15, -0.1) is 11.3 Å². The second-order valence-corrected chi connectivity index (χ2v) is 10.5. The summed E-state index contributed by atoms with van der Waals surface area (Å²) in [7, 11) is 0. The van der Waals surface area contributed by atoms with E-state index in [9.17, 15) is 10.1 Å². The SMILES string of the molecule is CC(C)(C)[C@H]1CCc2c(sc(NC(=O)c3ccc(OCc4ccccc4)cc3)c2C#N)C1. The first-order valence-electron chi connectivity index (χ1n) is 11.0. The zero-order chi connectivity index (χ0) is 22.7. The molecule has 5 heteroatoms. The first-order chi connectivity index (χ1) is 15.3. The minimum Gasteiger partial charge on any atom is -0.489 e. The Labute approximate surface area is 193 Å². The maximum absolute atomic E-state index is 12.9. The number of nitriles is 1. The Bertz CT molecular complexity index is 1140. The predicted octanol–water partition coefficient (Wildman–Crippen LogP) is 6.60. The Morgan fingerprint density at radius 3 is 2.53 bits per heavy atom. The molecule has 0 fully saturated rings. The van der Waals surface area contributed by atoms with E-state index in [1.807, 2.05) is 30.3 Å². The molecule has 0 aliphatic heterocycles. The molecule has 0 saturated carbocycles. The van der Waals surface area contributed by atoms with Crippen molar-refractivity contribution in [3.8, 4) is 11.8 Å². The quantitative estimate of drug-likeness (QED) is 0.482. The summed E-state index contributed by atoms with van der Waals surface area (Å²) in [6.07, 6.45) is 2.96. The number of ether oxygens (including phenoxy) is 1. The van der Waals surface area contributed by atoms with Crippen LogP contribution in [0.4, 0.5) is 5.00 Å². The smallest absolute Gasteiger partial charge is 0.256 e. The van der Waals surface area contributed by atoms with Gasteiger partial charge in [-0.05, 0) is 66.0 Å². The van der Waals surface area contributed by atoms with Crippen LogP contribution in [0.5, 0.6) is 5.75 Å². The van der Waals surface area contributed by atoms with Gasteiger partial charge in [-0.2, -0.15) is 5.26 Å². The zero-order valence-corrected chi connectivity index (χ0v) is 19.6. The van der Waals surface area contributed by atoms with Gasteiger partial charge in [-0.1, -0.05) is 51.1 Å². The zero-order valence-electron chi connectivity index (χ0n) is 18.8. The van der Waals surface area contributed by atoms with Crippen molar-refractivity contribution in [3.05, 3.63) is 81.7 Å². The Hall–Kier alpha value is -3.10. The molecule has 0 radical (unpaired) electrons. The van der Waals surface area contributed by atoms with E-state index in [1.165, 1.54) is 4.88 Å². The number of carbonyl (C=O) groups is 1. The number of benzene rings is 2. The molecule has 4 rings (SSSR count). The average Bonchev–Trinajstić information content (AvgIpc) is 3.14. The number of anilines is 1. The van der Waals surface area contributed by atoms with Crippen molar-refractivity contribution >= 4 is 22.2 Å². The van der Waals surface area contributed by atoms with Crippen molar-refractivity contribution in [2.24, 2.45) is 11.3 Å². The molecule has 1 atom stereocenters. The van der Waals surface area contributed by atoms with E-state index in [-0.39, 0.29) is 11.3 Å². The van der Waals surface area contributed by atoms with E-state index in [1.54, 1.807) is 35.6 Å². The van der Waals surface area contributed by atoms with Gasteiger partial charge in [0.25, 0.3) is 5.91 Å². The van der Waals surface area contributed by atoms with Gasteiger partial charge in [0.05, 0.1) is 5.56 Å². The summed E-state index contributed by atoms with van der Waals surface area (Å²) in [6.45, 7) is 7.31. The lowest BCUT2D eigenvalue weighted by molar-refractivity contribution is 0.102. The van der Waals surface area contributed by atoms with Crippen LogP contribution in [0.2, 0.25) is 0 Å². The monoisotopic (exact) mass is 444 g/mol. The van der Waals surface area contributed by atoms with Gasteiger partial charge in [0.1, 0.15) is 23.4 Å². The predicted molar refractivity (Wildman–Crippen MR) is 129 cm³/mol. The van der Waals surface area contributed by atoms with Gasteiger partial charge in [0.2, 0.25) is 0 Å². The minimum absolute atomic E-state index is 0.206. The van der Waals surface area contributed by atoms with Crippen LogP contribution in [0, 0.1) is 22.7 Å². The molecule has 0 unspecified atom stereocenters. The molecule has 0 spiro atoms. The normalized spacial score (nSPS) is 15.5. The molecule has 1 aliphatic carbocycles. The summed E-state index contributed by atoms with van der Waals surface area (Å²) < 4.78 is 5.80. The fourth-order valence-corrected chi connectivity index (χ4v) is 5.42.